The van der Waals surface area contributed by atoms with E-state index in [2.05, 4.69) is 9.73 Å². The zero-order valence-corrected chi connectivity index (χ0v) is 15.3. The Labute approximate surface area is 166 Å². The molecule has 0 atom stereocenters. The smallest absolute Gasteiger partial charge is 0.496 e. The Morgan fingerprint density at radius 3 is 2.28 bits per heavy atom. The number of carbonyl (C=O) groups excluding carboxylic acids is 1. The highest BCUT2D eigenvalue weighted by atomic mass is 19.4. The summed E-state index contributed by atoms with van der Waals surface area (Å²) >= 11 is 0. The summed E-state index contributed by atoms with van der Waals surface area (Å²) in [7, 11) is 1.49. The average molecular weight is 410 g/mol. The highest BCUT2D eigenvalue weighted by molar-refractivity contribution is 5.94. The molecule has 0 aromatic heterocycles. The molecule has 2 aromatic rings. The molecule has 5 N–H and O–H groups in total. The van der Waals surface area contributed by atoms with E-state index in [0.717, 1.165) is 12.7 Å². The highest BCUT2D eigenvalue weighted by Crippen LogP contribution is 2.25. The van der Waals surface area contributed by atoms with Crippen molar-refractivity contribution in [1.82, 2.24) is 0 Å². The molecule has 0 spiro atoms. The van der Waals surface area contributed by atoms with Gasteiger partial charge in [-0.1, -0.05) is 24.3 Å². The Balaban J connectivity index is 0.00000125. The third kappa shape index (κ3) is 8.61. The molecule has 2 aromatic carbocycles. The fourth-order valence-electron chi connectivity index (χ4n) is 2.03. The number of nitrogens with one attached hydrogen (secondary N) is 1. The number of nitrogens with two attached hydrogens (primary N) is 2. The fourth-order valence-corrected chi connectivity index (χ4v) is 2.03. The summed E-state index contributed by atoms with van der Waals surface area (Å²) in [4.78, 5) is 14.4. The van der Waals surface area contributed by atoms with Crippen molar-refractivity contribution in [2.24, 2.45) is 16.5 Å². The summed E-state index contributed by atoms with van der Waals surface area (Å²) in [5, 5.41) is 6.20. The lowest BCUT2D eigenvalue weighted by Crippen LogP contribution is -2.16. The molecule has 1 amide bonds. The Morgan fingerprint density at radius 2 is 1.83 bits per heavy atom. The van der Waals surface area contributed by atoms with E-state index in [1.807, 2.05) is 0 Å². The van der Waals surface area contributed by atoms with Gasteiger partial charge in [-0.25, -0.2) is 4.99 Å². The van der Waals surface area contributed by atoms with Gasteiger partial charge < -0.3 is 20.9 Å². The first kappa shape index (κ1) is 23.2. The van der Waals surface area contributed by atoms with Crippen LogP contribution in [0.5, 0.6) is 11.5 Å². The molecule has 0 saturated carbocycles. The SMILES string of the molecule is COc1ccc(C(N)=O)cc1/C=C/c1ccc(OC(F)(F)F)cc1.N=CN=CN.[HH]. The van der Waals surface area contributed by atoms with Crippen LogP contribution in [0.15, 0.2) is 47.5 Å². The molecule has 0 unspecified atom stereocenters. The van der Waals surface area contributed by atoms with Crippen LogP contribution in [0.25, 0.3) is 12.2 Å². The second-order valence-corrected chi connectivity index (χ2v) is 5.20. The van der Waals surface area contributed by atoms with Crippen molar-refractivity contribution in [2.45, 2.75) is 6.36 Å². The number of hydrogen-bond donors (Lipinski definition) is 3. The molecular formula is C19H21F3N4O3. The first-order chi connectivity index (χ1) is 13.7. The van der Waals surface area contributed by atoms with Crippen molar-refractivity contribution in [3.05, 3.63) is 59.2 Å². The minimum atomic E-state index is -4.72. The van der Waals surface area contributed by atoms with Gasteiger partial charge in [0, 0.05) is 12.6 Å². The standard InChI is InChI=1S/C17H14F3NO3.C2H5N3.H2/c1-23-15-9-6-13(16(21)22)10-12(15)5-2-11-3-7-14(8-4-11)24-17(18,19)20;3-1-5-2-4;/h2-10H,1H3,(H2,21,22);1-2H,(H3,3,4,5);1H/b5-2+;;. The summed E-state index contributed by atoms with van der Waals surface area (Å²) < 4.78 is 45.3. The van der Waals surface area contributed by atoms with Crippen LogP contribution in [0.1, 0.15) is 22.9 Å². The van der Waals surface area contributed by atoms with Crippen LogP contribution in [0.2, 0.25) is 0 Å². The first-order valence-corrected chi connectivity index (χ1v) is 7.94. The van der Waals surface area contributed by atoms with Crippen LogP contribution >= 0.6 is 0 Å². The van der Waals surface area contributed by atoms with Crippen LogP contribution in [0.3, 0.4) is 0 Å². The molecule has 2 rings (SSSR count). The first-order valence-electron chi connectivity index (χ1n) is 7.94. The van der Waals surface area contributed by atoms with Crippen molar-refractivity contribution in [3.63, 3.8) is 0 Å². The molecule has 156 valence electrons. The summed E-state index contributed by atoms with van der Waals surface area (Å²) in [5.74, 6) is -0.331. The zero-order chi connectivity index (χ0) is 21.9. The van der Waals surface area contributed by atoms with Crippen LogP contribution in [0.4, 0.5) is 13.2 Å². The van der Waals surface area contributed by atoms with Crippen molar-refractivity contribution in [2.75, 3.05) is 7.11 Å². The molecule has 0 fully saturated rings. The van der Waals surface area contributed by atoms with E-state index < -0.39 is 12.3 Å². The van der Waals surface area contributed by atoms with Crippen LogP contribution in [0, 0.1) is 5.41 Å². The fraction of sp³-hybridized carbons (Fsp3) is 0.105. The zero-order valence-electron chi connectivity index (χ0n) is 15.3. The molecule has 0 aliphatic heterocycles. The summed E-state index contributed by atoms with van der Waals surface area (Å²) in [5.41, 5.74) is 11.5. The predicted octanol–water partition coefficient (Wildman–Crippen LogP) is 3.69. The number of aliphatic imine (C=N–C) groups is 1. The van der Waals surface area contributed by atoms with E-state index in [1.165, 1.54) is 31.4 Å². The maximum Gasteiger partial charge on any atom is 0.573 e. The van der Waals surface area contributed by atoms with Gasteiger partial charge in [-0.15, -0.1) is 13.2 Å². The Bertz CT molecular complexity index is 886. The number of methoxy groups -OCH3 is 1. The molecule has 29 heavy (non-hydrogen) atoms. The maximum atomic E-state index is 12.1. The van der Waals surface area contributed by atoms with Gasteiger partial charge in [-0.05, 0) is 35.9 Å². The topological polar surface area (TPSA) is 124 Å². The van der Waals surface area contributed by atoms with E-state index in [0.29, 0.717) is 22.4 Å². The lowest BCUT2D eigenvalue weighted by Gasteiger charge is -2.08. The van der Waals surface area contributed by atoms with Gasteiger partial charge in [0.15, 0.2) is 0 Å². The normalized spacial score (nSPS) is 11.0. The number of amides is 1. The van der Waals surface area contributed by atoms with E-state index in [1.54, 1.807) is 30.4 Å². The number of ether oxygens (including phenoxy) is 2. The monoisotopic (exact) mass is 410 g/mol. The van der Waals surface area contributed by atoms with Crippen LogP contribution in [-0.2, 0) is 0 Å². The minimum Gasteiger partial charge on any atom is -0.496 e. The van der Waals surface area contributed by atoms with E-state index in [9.17, 15) is 18.0 Å². The molecule has 0 heterocycles. The van der Waals surface area contributed by atoms with E-state index in [4.69, 9.17) is 21.6 Å². The molecule has 10 heteroatoms. The Kier molecular flexibility index (Phi) is 8.90. The summed E-state index contributed by atoms with van der Waals surface area (Å²) in [6.07, 6.45) is 0.553. The molecule has 0 bridgehead atoms. The number of benzene rings is 2. The van der Waals surface area contributed by atoms with Gasteiger partial charge in [0.05, 0.1) is 13.4 Å². The third-order valence-corrected chi connectivity index (χ3v) is 3.24. The lowest BCUT2D eigenvalue weighted by molar-refractivity contribution is -0.274. The number of hydrogen-bond acceptors (Lipinski definition) is 4. The molecule has 7 nitrogen and oxygen atoms in total. The van der Waals surface area contributed by atoms with Crippen LogP contribution in [-0.4, -0.2) is 32.1 Å². The minimum absolute atomic E-state index is 0. The number of rotatable bonds is 6. The molecule has 0 radical (unpaired) electrons. The maximum absolute atomic E-state index is 12.1. The number of primary amides is 1. The van der Waals surface area contributed by atoms with Gasteiger partial charge in [0.2, 0.25) is 5.91 Å². The largest absolute Gasteiger partial charge is 0.573 e. The summed E-state index contributed by atoms with van der Waals surface area (Å²) in [6, 6.07) is 10.1. The quantitative estimate of drug-likeness (QED) is 0.382. The lowest BCUT2D eigenvalue weighted by atomic mass is 10.1. The molecule has 0 aliphatic rings. The van der Waals surface area contributed by atoms with Crippen molar-refractivity contribution < 1.29 is 28.9 Å². The van der Waals surface area contributed by atoms with Gasteiger partial charge in [0.1, 0.15) is 17.8 Å². The second kappa shape index (κ2) is 11.1. The Hall–Kier alpha value is -3.82. The molecular weight excluding hydrogens is 389 g/mol. The van der Waals surface area contributed by atoms with Gasteiger partial charge in [-0.3, -0.25) is 10.2 Å². The number of carbonyl (C=O) groups is 1. The van der Waals surface area contributed by atoms with E-state index in [-0.39, 0.29) is 7.18 Å². The highest BCUT2D eigenvalue weighted by Gasteiger charge is 2.30. The third-order valence-electron chi connectivity index (χ3n) is 3.24. The van der Waals surface area contributed by atoms with Gasteiger partial charge in [0.25, 0.3) is 0 Å². The molecule has 0 saturated heterocycles. The Morgan fingerprint density at radius 1 is 1.17 bits per heavy atom. The van der Waals surface area contributed by atoms with Gasteiger partial charge in [-0.2, -0.15) is 0 Å². The van der Waals surface area contributed by atoms with Crippen LogP contribution < -0.4 is 20.9 Å². The van der Waals surface area contributed by atoms with Gasteiger partial charge >= 0.3 is 6.36 Å². The number of alkyl halides is 3. The van der Waals surface area contributed by atoms with Crippen molar-refractivity contribution >= 4 is 30.7 Å². The number of nitrogens with zero attached hydrogens (tertiary/aromatic N) is 1. The predicted molar refractivity (Wildman–Crippen MR) is 107 cm³/mol. The van der Waals surface area contributed by atoms with E-state index >= 15 is 0 Å². The van der Waals surface area contributed by atoms with Crippen molar-refractivity contribution in [1.29, 1.82) is 5.41 Å². The van der Waals surface area contributed by atoms with Crippen molar-refractivity contribution in [3.8, 4) is 11.5 Å². The second-order valence-electron chi connectivity index (χ2n) is 5.20. The summed E-state index contributed by atoms with van der Waals surface area (Å²) in [6.45, 7) is 0. The average Bonchev–Trinajstić information content (AvgIpc) is 2.67. The molecule has 0 aliphatic carbocycles. The number of halogens is 3.